The van der Waals surface area contributed by atoms with Gasteiger partial charge < -0.3 is 9.13 Å². The summed E-state index contributed by atoms with van der Waals surface area (Å²) in [6, 6.07) is 75.8. The van der Waals surface area contributed by atoms with Crippen LogP contribution in [0.2, 0.25) is 0 Å². The van der Waals surface area contributed by atoms with E-state index >= 15 is 0 Å². The maximum atomic E-state index is 5.25. The zero-order chi connectivity index (χ0) is 40.7. The van der Waals surface area contributed by atoms with Gasteiger partial charge in [-0.25, -0.2) is 15.0 Å². The molecule has 0 fully saturated rings. The summed E-state index contributed by atoms with van der Waals surface area (Å²) in [5, 5.41) is 11.8. The van der Waals surface area contributed by atoms with Crippen molar-refractivity contribution in [1.82, 2.24) is 24.1 Å². The third-order valence-corrected chi connectivity index (χ3v) is 12.5. The van der Waals surface area contributed by atoms with Gasteiger partial charge in [0.25, 0.3) is 0 Å². The van der Waals surface area contributed by atoms with Gasteiger partial charge in [-0.15, -0.1) is 0 Å². The van der Waals surface area contributed by atoms with E-state index in [4.69, 9.17) is 15.0 Å². The second-order valence-electron chi connectivity index (χ2n) is 16.0. The minimum absolute atomic E-state index is 0.631. The van der Waals surface area contributed by atoms with E-state index in [1.807, 2.05) is 18.2 Å². The summed E-state index contributed by atoms with van der Waals surface area (Å²) in [6.45, 7) is 0. The van der Waals surface area contributed by atoms with Gasteiger partial charge in [-0.1, -0.05) is 164 Å². The van der Waals surface area contributed by atoms with Gasteiger partial charge in [-0.2, -0.15) is 0 Å². The average molecular weight is 790 g/mol. The molecule has 62 heavy (non-hydrogen) atoms. The Bertz CT molecular complexity index is 3920. The van der Waals surface area contributed by atoms with Gasteiger partial charge in [-0.05, 0) is 70.1 Å². The highest BCUT2D eigenvalue weighted by atomic mass is 15.0. The zero-order valence-corrected chi connectivity index (χ0v) is 33.4. The fraction of sp³-hybridized carbons (Fsp3) is 0. The molecule has 13 rings (SSSR count). The van der Waals surface area contributed by atoms with Crippen LogP contribution >= 0.6 is 0 Å². The lowest BCUT2D eigenvalue weighted by molar-refractivity contribution is 1.08. The van der Waals surface area contributed by atoms with Crippen LogP contribution in [0.4, 0.5) is 0 Å². The molecule has 288 valence electrons. The Balaban J connectivity index is 1.10. The van der Waals surface area contributed by atoms with Gasteiger partial charge in [-0.3, -0.25) is 0 Å². The topological polar surface area (TPSA) is 48.5 Å². The maximum Gasteiger partial charge on any atom is 0.164 e. The minimum atomic E-state index is 0.631. The molecule has 0 aliphatic rings. The second-order valence-corrected chi connectivity index (χ2v) is 16.0. The lowest BCUT2D eigenvalue weighted by Gasteiger charge is -2.16. The minimum Gasteiger partial charge on any atom is -0.309 e. The van der Waals surface area contributed by atoms with Crippen LogP contribution in [0, 0.1) is 0 Å². The largest absolute Gasteiger partial charge is 0.309 e. The monoisotopic (exact) mass is 789 g/mol. The fourth-order valence-electron chi connectivity index (χ4n) is 9.69. The van der Waals surface area contributed by atoms with E-state index in [0.717, 1.165) is 49.7 Å². The van der Waals surface area contributed by atoms with Crippen molar-refractivity contribution in [2.45, 2.75) is 0 Å². The molecule has 0 atom stereocenters. The Kier molecular flexibility index (Phi) is 7.54. The summed E-state index contributed by atoms with van der Waals surface area (Å²) < 4.78 is 4.90. The third kappa shape index (κ3) is 5.25. The second kappa shape index (κ2) is 13.6. The van der Waals surface area contributed by atoms with Crippen LogP contribution in [-0.2, 0) is 0 Å². The highest BCUT2D eigenvalue weighted by molar-refractivity contribution is 6.24. The third-order valence-electron chi connectivity index (χ3n) is 12.5. The Hall–Kier alpha value is -8.41. The van der Waals surface area contributed by atoms with E-state index in [0.29, 0.717) is 17.5 Å². The molecular weight excluding hydrogens is 755 g/mol. The Labute approximate surface area is 356 Å². The van der Waals surface area contributed by atoms with Gasteiger partial charge in [0.1, 0.15) is 0 Å². The molecule has 0 aliphatic heterocycles. The highest BCUT2D eigenvalue weighted by Gasteiger charge is 2.22. The molecule has 0 spiro atoms. The molecular formula is C57H35N5. The Morgan fingerprint density at radius 3 is 1.71 bits per heavy atom. The highest BCUT2D eigenvalue weighted by Crippen LogP contribution is 2.43. The smallest absolute Gasteiger partial charge is 0.164 e. The number of aromatic nitrogens is 5. The summed E-state index contributed by atoms with van der Waals surface area (Å²) in [7, 11) is 0. The van der Waals surface area contributed by atoms with Crippen LogP contribution in [0.25, 0.3) is 121 Å². The van der Waals surface area contributed by atoms with Crippen LogP contribution in [0.3, 0.4) is 0 Å². The predicted molar refractivity (Wildman–Crippen MR) is 257 cm³/mol. The number of hydrogen-bond donors (Lipinski definition) is 0. The van der Waals surface area contributed by atoms with Crippen LogP contribution in [0.1, 0.15) is 0 Å². The average Bonchev–Trinajstić information content (AvgIpc) is 3.85. The molecule has 0 N–H and O–H groups in total. The van der Waals surface area contributed by atoms with E-state index in [1.54, 1.807) is 0 Å². The molecule has 0 unspecified atom stereocenters. The van der Waals surface area contributed by atoms with E-state index < -0.39 is 0 Å². The van der Waals surface area contributed by atoms with Crippen molar-refractivity contribution in [3.05, 3.63) is 212 Å². The lowest BCUT2D eigenvalue weighted by Crippen LogP contribution is -2.02. The van der Waals surface area contributed by atoms with Crippen LogP contribution in [-0.4, -0.2) is 24.1 Å². The van der Waals surface area contributed by atoms with Gasteiger partial charge in [0.15, 0.2) is 17.5 Å². The summed E-state index contributed by atoms with van der Waals surface area (Å²) in [6.07, 6.45) is 0. The number of hydrogen-bond acceptors (Lipinski definition) is 3. The van der Waals surface area contributed by atoms with Crippen molar-refractivity contribution in [2.75, 3.05) is 0 Å². The molecule has 10 aromatic carbocycles. The molecule has 0 amide bonds. The molecule has 13 aromatic rings. The first kappa shape index (κ1) is 34.5. The van der Waals surface area contributed by atoms with Crippen molar-refractivity contribution in [3.8, 4) is 45.5 Å². The van der Waals surface area contributed by atoms with Crippen molar-refractivity contribution < 1.29 is 0 Å². The summed E-state index contributed by atoms with van der Waals surface area (Å²) >= 11 is 0. The molecule has 5 heteroatoms. The summed E-state index contributed by atoms with van der Waals surface area (Å²) in [4.78, 5) is 15.5. The molecule has 0 aliphatic carbocycles. The first-order valence-corrected chi connectivity index (χ1v) is 21.0. The molecule has 3 heterocycles. The number of nitrogens with zero attached hydrogens (tertiary/aromatic N) is 5. The van der Waals surface area contributed by atoms with Gasteiger partial charge in [0, 0.05) is 54.7 Å². The number of benzene rings is 10. The number of rotatable bonds is 5. The zero-order valence-electron chi connectivity index (χ0n) is 33.4. The van der Waals surface area contributed by atoms with Gasteiger partial charge >= 0.3 is 0 Å². The molecule has 0 saturated carbocycles. The number of fused-ring (bicyclic) bond motifs is 10. The molecule has 3 aromatic heterocycles. The van der Waals surface area contributed by atoms with E-state index in [9.17, 15) is 0 Å². The molecule has 5 nitrogen and oxygen atoms in total. The predicted octanol–water partition coefficient (Wildman–Crippen LogP) is 14.5. The van der Waals surface area contributed by atoms with E-state index in [1.165, 1.54) is 54.3 Å². The Morgan fingerprint density at radius 1 is 0.290 bits per heavy atom. The quantitative estimate of drug-likeness (QED) is 0.174. The summed E-state index contributed by atoms with van der Waals surface area (Å²) in [5.74, 6) is 1.91. The fourth-order valence-corrected chi connectivity index (χ4v) is 9.69. The van der Waals surface area contributed by atoms with Gasteiger partial charge in [0.2, 0.25) is 0 Å². The van der Waals surface area contributed by atoms with Crippen LogP contribution in [0.15, 0.2) is 212 Å². The lowest BCUT2D eigenvalue weighted by atomic mass is 10.0. The van der Waals surface area contributed by atoms with Crippen LogP contribution in [0.5, 0.6) is 0 Å². The molecule has 0 saturated heterocycles. The normalized spacial score (nSPS) is 11.9. The Morgan fingerprint density at radius 2 is 0.887 bits per heavy atom. The molecule has 0 bridgehead atoms. The van der Waals surface area contributed by atoms with Crippen molar-refractivity contribution >= 4 is 75.9 Å². The van der Waals surface area contributed by atoms with E-state index in [-0.39, 0.29) is 0 Å². The first-order valence-electron chi connectivity index (χ1n) is 21.0. The standard InChI is InChI=1S/C57H35N5/c1-3-17-38(18-4-1)55-58-56(40-28-27-36-15-7-8-19-39(36)33-40)60-57(59-55)47-31-32-51(44-24-12-11-23-43(44)47)62-53-35-52-48(34-49(53)46-30-29-37-16-9-10-22-42(37)54(46)62)45-25-13-14-26-50(45)61(52)41-20-5-2-6-21-41/h1-35H. The molecule has 0 radical (unpaired) electrons. The van der Waals surface area contributed by atoms with Crippen LogP contribution < -0.4 is 0 Å². The van der Waals surface area contributed by atoms with Gasteiger partial charge in [0.05, 0.1) is 27.8 Å². The van der Waals surface area contributed by atoms with E-state index in [2.05, 4.69) is 203 Å². The number of para-hydroxylation sites is 2. The summed E-state index contributed by atoms with van der Waals surface area (Å²) in [5.41, 5.74) is 9.74. The van der Waals surface area contributed by atoms with Crippen molar-refractivity contribution in [1.29, 1.82) is 0 Å². The maximum absolute atomic E-state index is 5.25. The SMILES string of the molecule is c1ccc(-c2nc(-c3ccc4ccccc4c3)nc(-c3ccc(-n4c5cc6c(cc5c5ccc7ccccc7c54)c4ccccc4n6-c4ccccc4)c4ccccc34)n2)cc1. The van der Waals surface area contributed by atoms with Crippen molar-refractivity contribution in [2.24, 2.45) is 0 Å². The van der Waals surface area contributed by atoms with Crippen molar-refractivity contribution in [3.63, 3.8) is 0 Å². The first-order chi connectivity index (χ1) is 30.7.